The van der Waals surface area contributed by atoms with E-state index in [-0.39, 0.29) is 0 Å². The Kier molecular flexibility index (Phi) is 2.86. The molecule has 3 nitrogen and oxygen atoms in total. The van der Waals surface area contributed by atoms with Crippen LogP contribution >= 0.6 is 0 Å². The van der Waals surface area contributed by atoms with Gasteiger partial charge in [0.1, 0.15) is 6.07 Å². The van der Waals surface area contributed by atoms with Crippen molar-refractivity contribution < 1.29 is 0 Å². The molecule has 0 unspecified atom stereocenters. The van der Waals surface area contributed by atoms with Crippen molar-refractivity contribution in [2.45, 2.75) is 26.7 Å². The number of nitrogens with zero attached hydrogens (tertiary/aromatic N) is 2. The summed E-state index contributed by atoms with van der Waals surface area (Å²) in [6.07, 6.45) is 1.93. The van der Waals surface area contributed by atoms with E-state index in [9.17, 15) is 0 Å². The predicted molar refractivity (Wildman–Crippen MR) is 52.1 cm³/mol. The van der Waals surface area contributed by atoms with Crippen LogP contribution in [0.2, 0.25) is 0 Å². The Morgan fingerprint density at radius 2 is 2.31 bits per heavy atom. The van der Waals surface area contributed by atoms with Gasteiger partial charge in [-0.15, -0.1) is 0 Å². The topological polar surface area (TPSA) is 62.7 Å². The molecule has 0 bridgehead atoms. The number of nitriles is 1. The van der Waals surface area contributed by atoms with E-state index in [4.69, 9.17) is 11.0 Å². The number of aryl methyl sites for hydroxylation is 2. The maximum Gasteiger partial charge on any atom is 0.163 e. The van der Waals surface area contributed by atoms with E-state index in [0.29, 0.717) is 11.4 Å². The van der Waals surface area contributed by atoms with Gasteiger partial charge in [-0.05, 0) is 25.0 Å². The monoisotopic (exact) mass is 175 g/mol. The Morgan fingerprint density at radius 1 is 1.62 bits per heavy atom. The van der Waals surface area contributed by atoms with Crippen molar-refractivity contribution in [2.24, 2.45) is 0 Å². The Bertz CT molecular complexity index is 350. The minimum absolute atomic E-state index is 0.350. The Labute approximate surface area is 78.2 Å². The van der Waals surface area contributed by atoms with Gasteiger partial charge in [0.15, 0.2) is 5.69 Å². The highest BCUT2D eigenvalue weighted by atomic mass is 14.8. The Balaban J connectivity index is 3.16. The fourth-order valence-electron chi connectivity index (χ4n) is 1.22. The molecule has 0 aliphatic heterocycles. The van der Waals surface area contributed by atoms with Crippen LogP contribution < -0.4 is 5.73 Å². The van der Waals surface area contributed by atoms with Gasteiger partial charge in [0.25, 0.3) is 0 Å². The maximum absolute atomic E-state index is 8.74. The second-order valence-corrected chi connectivity index (χ2v) is 3.05. The second kappa shape index (κ2) is 3.90. The number of nitrogen functional groups attached to an aromatic ring is 1. The first kappa shape index (κ1) is 9.53. The molecule has 0 aliphatic carbocycles. The Hall–Kier alpha value is -1.56. The molecule has 68 valence electrons. The number of hydrogen-bond donors (Lipinski definition) is 1. The number of aromatic nitrogens is 1. The fraction of sp³-hybridized carbons (Fsp3) is 0.400. The highest BCUT2D eigenvalue weighted by molar-refractivity contribution is 5.55. The van der Waals surface area contributed by atoms with Crippen molar-refractivity contribution in [1.82, 2.24) is 4.98 Å². The summed E-state index contributed by atoms with van der Waals surface area (Å²) in [5.41, 5.74) is 8.42. The molecule has 0 amide bonds. The van der Waals surface area contributed by atoms with Crippen LogP contribution in [0.4, 0.5) is 5.69 Å². The summed E-state index contributed by atoms with van der Waals surface area (Å²) in [5, 5.41) is 8.74. The number of pyridine rings is 1. The van der Waals surface area contributed by atoms with Crippen LogP contribution in [-0.2, 0) is 6.42 Å². The lowest BCUT2D eigenvalue weighted by Gasteiger charge is -2.04. The van der Waals surface area contributed by atoms with Crippen molar-refractivity contribution >= 4 is 5.69 Å². The minimum Gasteiger partial charge on any atom is -0.396 e. The third-order valence-electron chi connectivity index (χ3n) is 1.93. The van der Waals surface area contributed by atoms with Gasteiger partial charge in [0.2, 0.25) is 0 Å². The van der Waals surface area contributed by atoms with Gasteiger partial charge in [-0.25, -0.2) is 4.98 Å². The molecule has 0 fully saturated rings. The lowest BCUT2D eigenvalue weighted by atomic mass is 10.1. The molecule has 0 aromatic carbocycles. The zero-order valence-electron chi connectivity index (χ0n) is 7.96. The van der Waals surface area contributed by atoms with Crippen LogP contribution in [-0.4, -0.2) is 4.98 Å². The largest absolute Gasteiger partial charge is 0.396 e. The molecule has 0 saturated heterocycles. The lowest BCUT2D eigenvalue weighted by Crippen LogP contribution is -2.01. The minimum atomic E-state index is 0.350. The fourth-order valence-corrected chi connectivity index (χ4v) is 1.22. The molecule has 1 rings (SSSR count). The van der Waals surface area contributed by atoms with Gasteiger partial charge in [-0.1, -0.05) is 13.3 Å². The zero-order valence-corrected chi connectivity index (χ0v) is 7.96. The highest BCUT2D eigenvalue weighted by Crippen LogP contribution is 2.16. The predicted octanol–water partition coefficient (Wildman–Crippen LogP) is 1.80. The SMILES string of the molecule is CCCc1cc(C)c(N)c(C#N)n1. The molecule has 1 heterocycles. The number of nitrogens with two attached hydrogens (primary N) is 1. The first-order valence-electron chi connectivity index (χ1n) is 4.35. The summed E-state index contributed by atoms with van der Waals surface area (Å²) in [5.74, 6) is 0. The van der Waals surface area contributed by atoms with Gasteiger partial charge in [0.05, 0.1) is 5.69 Å². The van der Waals surface area contributed by atoms with Crippen molar-refractivity contribution in [2.75, 3.05) is 5.73 Å². The molecular formula is C10H13N3. The lowest BCUT2D eigenvalue weighted by molar-refractivity contribution is 0.877. The quantitative estimate of drug-likeness (QED) is 0.745. The number of rotatable bonds is 2. The Morgan fingerprint density at radius 3 is 2.85 bits per heavy atom. The van der Waals surface area contributed by atoms with E-state index in [1.807, 2.05) is 19.1 Å². The molecule has 0 saturated carbocycles. The van der Waals surface area contributed by atoms with Gasteiger partial charge < -0.3 is 5.73 Å². The summed E-state index contributed by atoms with van der Waals surface area (Å²) in [4.78, 5) is 4.16. The molecule has 2 N–H and O–H groups in total. The third-order valence-corrected chi connectivity index (χ3v) is 1.93. The van der Waals surface area contributed by atoms with E-state index >= 15 is 0 Å². The van der Waals surface area contributed by atoms with Crippen molar-refractivity contribution in [3.05, 3.63) is 23.0 Å². The molecule has 3 heteroatoms. The van der Waals surface area contributed by atoms with Gasteiger partial charge in [0, 0.05) is 5.69 Å². The van der Waals surface area contributed by atoms with Crippen LogP contribution in [0.25, 0.3) is 0 Å². The van der Waals surface area contributed by atoms with E-state index in [1.165, 1.54) is 0 Å². The summed E-state index contributed by atoms with van der Waals surface area (Å²) >= 11 is 0. The molecule has 0 aliphatic rings. The highest BCUT2D eigenvalue weighted by Gasteiger charge is 2.05. The zero-order chi connectivity index (χ0) is 9.84. The average molecular weight is 175 g/mol. The molecule has 1 aromatic heterocycles. The second-order valence-electron chi connectivity index (χ2n) is 3.05. The molecule has 0 spiro atoms. The standard InChI is InChI=1S/C10H13N3/c1-3-4-8-5-7(2)10(12)9(6-11)13-8/h5H,3-4,12H2,1-2H3. The first-order chi connectivity index (χ1) is 6.19. The molecule has 1 aromatic rings. The van der Waals surface area contributed by atoms with E-state index in [2.05, 4.69) is 11.9 Å². The summed E-state index contributed by atoms with van der Waals surface area (Å²) < 4.78 is 0. The average Bonchev–Trinajstić information content (AvgIpc) is 2.11. The van der Waals surface area contributed by atoms with Crippen LogP contribution in [0.5, 0.6) is 0 Å². The van der Waals surface area contributed by atoms with Crippen LogP contribution in [0.3, 0.4) is 0 Å². The molecule has 0 radical (unpaired) electrons. The van der Waals surface area contributed by atoms with Crippen molar-refractivity contribution in [1.29, 1.82) is 5.26 Å². The summed E-state index contributed by atoms with van der Waals surface area (Å²) in [6, 6.07) is 3.94. The van der Waals surface area contributed by atoms with Crippen molar-refractivity contribution in [3.63, 3.8) is 0 Å². The van der Waals surface area contributed by atoms with E-state index in [0.717, 1.165) is 24.1 Å². The molecule has 13 heavy (non-hydrogen) atoms. The van der Waals surface area contributed by atoms with Crippen LogP contribution in [0, 0.1) is 18.3 Å². The van der Waals surface area contributed by atoms with Gasteiger partial charge in [-0.2, -0.15) is 5.26 Å². The maximum atomic E-state index is 8.74. The molecule has 0 atom stereocenters. The van der Waals surface area contributed by atoms with Gasteiger partial charge in [-0.3, -0.25) is 0 Å². The van der Waals surface area contributed by atoms with Crippen LogP contribution in [0.15, 0.2) is 6.07 Å². The normalized spacial score (nSPS) is 9.62. The summed E-state index contributed by atoms with van der Waals surface area (Å²) in [6.45, 7) is 3.98. The third kappa shape index (κ3) is 1.97. The van der Waals surface area contributed by atoms with E-state index in [1.54, 1.807) is 0 Å². The van der Waals surface area contributed by atoms with Crippen LogP contribution in [0.1, 0.15) is 30.3 Å². The van der Waals surface area contributed by atoms with Gasteiger partial charge >= 0.3 is 0 Å². The smallest absolute Gasteiger partial charge is 0.163 e. The summed E-state index contributed by atoms with van der Waals surface area (Å²) in [7, 11) is 0. The number of anilines is 1. The van der Waals surface area contributed by atoms with E-state index < -0.39 is 0 Å². The molecular weight excluding hydrogens is 162 g/mol. The first-order valence-corrected chi connectivity index (χ1v) is 4.35. The van der Waals surface area contributed by atoms with Crippen molar-refractivity contribution in [3.8, 4) is 6.07 Å². The number of hydrogen-bond acceptors (Lipinski definition) is 3.